The molecule has 90 valence electrons. The van der Waals surface area contributed by atoms with Crippen molar-refractivity contribution in [2.24, 2.45) is 5.73 Å². The maximum atomic E-state index is 5.62. The Morgan fingerprint density at radius 2 is 2.12 bits per heavy atom. The van der Waals surface area contributed by atoms with Crippen LogP contribution in [0.3, 0.4) is 0 Å². The van der Waals surface area contributed by atoms with Crippen LogP contribution in [0.2, 0.25) is 0 Å². The molecule has 0 aliphatic heterocycles. The van der Waals surface area contributed by atoms with Gasteiger partial charge in [-0.2, -0.15) is 4.98 Å². The number of aromatic nitrogens is 1. The summed E-state index contributed by atoms with van der Waals surface area (Å²) in [5.74, 6) is 1.60. The molecule has 1 aromatic heterocycles. The van der Waals surface area contributed by atoms with E-state index >= 15 is 0 Å². The van der Waals surface area contributed by atoms with E-state index in [1.807, 2.05) is 19.1 Å². The molecule has 0 unspecified atom stereocenters. The van der Waals surface area contributed by atoms with Crippen LogP contribution in [0.4, 0.5) is 5.82 Å². The molecule has 0 amide bonds. The summed E-state index contributed by atoms with van der Waals surface area (Å²) in [6.45, 7) is 7.75. The number of hydrogen-bond donors (Lipinski definition) is 1. The molecule has 4 nitrogen and oxygen atoms in total. The molecular weight excluding hydrogens is 202 g/mol. The Bertz CT molecular complexity index is 339. The van der Waals surface area contributed by atoms with E-state index in [-0.39, 0.29) is 0 Å². The molecule has 0 spiro atoms. The number of methoxy groups -OCH3 is 1. The van der Waals surface area contributed by atoms with Crippen LogP contribution in [-0.4, -0.2) is 31.2 Å². The molecule has 0 atom stereocenters. The first-order valence-electron chi connectivity index (χ1n) is 5.58. The van der Waals surface area contributed by atoms with Crippen LogP contribution in [0.1, 0.15) is 19.4 Å². The first-order valence-corrected chi connectivity index (χ1v) is 5.58. The van der Waals surface area contributed by atoms with Gasteiger partial charge in [0.25, 0.3) is 0 Å². The van der Waals surface area contributed by atoms with Gasteiger partial charge in [0.2, 0.25) is 5.88 Å². The summed E-state index contributed by atoms with van der Waals surface area (Å²) in [6.07, 6.45) is 0. The van der Waals surface area contributed by atoms with Crippen molar-refractivity contribution in [3.05, 3.63) is 17.7 Å². The highest BCUT2D eigenvalue weighted by atomic mass is 16.5. The van der Waals surface area contributed by atoms with Crippen molar-refractivity contribution in [3.63, 3.8) is 0 Å². The lowest BCUT2D eigenvalue weighted by molar-refractivity contribution is 0.397. The lowest BCUT2D eigenvalue weighted by atomic mass is 10.2. The van der Waals surface area contributed by atoms with E-state index in [9.17, 15) is 0 Å². The van der Waals surface area contributed by atoms with E-state index in [0.29, 0.717) is 18.5 Å². The number of nitrogens with two attached hydrogens (primary N) is 1. The van der Waals surface area contributed by atoms with Gasteiger partial charge in [-0.05, 0) is 26.3 Å². The number of ether oxygens (including phenoxy) is 1. The molecule has 1 heterocycles. The summed E-state index contributed by atoms with van der Waals surface area (Å²) in [4.78, 5) is 6.67. The van der Waals surface area contributed by atoms with Crippen molar-refractivity contribution in [3.8, 4) is 5.88 Å². The first-order chi connectivity index (χ1) is 7.60. The summed E-state index contributed by atoms with van der Waals surface area (Å²) >= 11 is 0. The molecule has 16 heavy (non-hydrogen) atoms. The molecule has 4 heteroatoms. The third kappa shape index (κ3) is 2.85. The van der Waals surface area contributed by atoms with Crippen molar-refractivity contribution in [2.75, 3.05) is 25.1 Å². The van der Waals surface area contributed by atoms with Crippen LogP contribution in [-0.2, 0) is 0 Å². The minimum atomic E-state index is 0.377. The fraction of sp³-hybridized carbons (Fsp3) is 0.583. The van der Waals surface area contributed by atoms with Crippen LogP contribution < -0.4 is 15.4 Å². The lowest BCUT2D eigenvalue weighted by Gasteiger charge is -2.28. The van der Waals surface area contributed by atoms with E-state index < -0.39 is 0 Å². The van der Waals surface area contributed by atoms with Crippen molar-refractivity contribution in [2.45, 2.75) is 26.8 Å². The highest BCUT2D eigenvalue weighted by Gasteiger charge is 2.14. The molecule has 0 aliphatic carbocycles. The molecule has 0 fully saturated rings. The Morgan fingerprint density at radius 1 is 1.44 bits per heavy atom. The average Bonchev–Trinajstić information content (AvgIpc) is 2.27. The van der Waals surface area contributed by atoms with Gasteiger partial charge < -0.3 is 15.4 Å². The number of hydrogen-bond acceptors (Lipinski definition) is 4. The second-order valence-corrected chi connectivity index (χ2v) is 4.07. The first kappa shape index (κ1) is 12.8. The van der Waals surface area contributed by atoms with Gasteiger partial charge in [0, 0.05) is 25.2 Å². The van der Waals surface area contributed by atoms with Crippen LogP contribution in [0, 0.1) is 6.92 Å². The molecule has 0 saturated carbocycles. The Labute approximate surface area is 97.4 Å². The van der Waals surface area contributed by atoms with Crippen molar-refractivity contribution in [1.29, 1.82) is 0 Å². The smallest absolute Gasteiger partial charge is 0.214 e. The van der Waals surface area contributed by atoms with Crippen molar-refractivity contribution < 1.29 is 4.74 Å². The predicted molar refractivity (Wildman–Crippen MR) is 67.1 cm³/mol. The minimum absolute atomic E-state index is 0.377. The maximum absolute atomic E-state index is 5.62. The standard InChI is InChI=1S/C12H21N3O/c1-9(2)15(8-7-13)12-10(3)5-6-11(14-12)16-4/h5-6,9H,7-8,13H2,1-4H3. The lowest BCUT2D eigenvalue weighted by Crippen LogP contribution is -2.36. The van der Waals surface area contributed by atoms with E-state index in [4.69, 9.17) is 10.5 Å². The van der Waals surface area contributed by atoms with Gasteiger partial charge in [0.1, 0.15) is 5.82 Å². The molecule has 0 radical (unpaired) electrons. The van der Waals surface area contributed by atoms with E-state index in [1.165, 1.54) is 0 Å². The van der Waals surface area contributed by atoms with E-state index in [0.717, 1.165) is 17.9 Å². The zero-order valence-corrected chi connectivity index (χ0v) is 10.5. The van der Waals surface area contributed by atoms with Gasteiger partial charge in [0.15, 0.2) is 0 Å². The van der Waals surface area contributed by atoms with Gasteiger partial charge in [-0.3, -0.25) is 0 Å². The van der Waals surface area contributed by atoms with Gasteiger partial charge in [-0.15, -0.1) is 0 Å². The Morgan fingerprint density at radius 3 is 2.62 bits per heavy atom. The third-order valence-corrected chi connectivity index (χ3v) is 2.52. The monoisotopic (exact) mass is 223 g/mol. The number of aryl methyl sites for hydroxylation is 1. The average molecular weight is 223 g/mol. The molecule has 1 rings (SSSR count). The molecule has 2 N–H and O–H groups in total. The minimum Gasteiger partial charge on any atom is -0.481 e. The van der Waals surface area contributed by atoms with Crippen molar-refractivity contribution >= 4 is 5.82 Å². The van der Waals surface area contributed by atoms with Crippen LogP contribution in [0.15, 0.2) is 12.1 Å². The summed E-state index contributed by atoms with van der Waals surface area (Å²) in [7, 11) is 1.63. The Kier molecular flexibility index (Phi) is 4.55. The summed E-state index contributed by atoms with van der Waals surface area (Å²) in [6, 6.07) is 4.27. The fourth-order valence-electron chi connectivity index (χ4n) is 1.65. The van der Waals surface area contributed by atoms with Crippen LogP contribution >= 0.6 is 0 Å². The zero-order valence-electron chi connectivity index (χ0n) is 10.5. The number of anilines is 1. The van der Waals surface area contributed by atoms with Crippen LogP contribution in [0.25, 0.3) is 0 Å². The summed E-state index contributed by atoms with van der Waals surface area (Å²) in [5, 5.41) is 0. The number of pyridine rings is 1. The predicted octanol–water partition coefficient (Wildman–Crippen LogP) is 1.57. The van der Waals surface area contributed by atoms with Gasteiger partial charge >= 0.3 is 0 Å². The second-order valence-electron chi connectivity index (χ2n) is 4.07. The van der Waals surface area contributed by atoms with Gasteiger partial charge in [-0.1, -0.05) is 6.07 Å². The molecule has 0 aliphatic rings. The molecule has 0 bridgehead atoms. The fourth-order valence-corrected chi connectivity index (χ4v) is 1.65. The topological polar surface area (TPSA) is 51.4 Å². The largest absolute Gasteiger partial charge is 0.481 e. The SMILES string of the molecule is COc1ccc(C)c(N(CCN)C(C)C)n1. The van der Waals surface area contributed by atoms with Gasteiger partial charge in [-0.25, -0.2) is 0 Å². The molecule has 0 saturated heterocycles. The molecule has 1 aromatic rings. The highest BCUT2D eigenvalue weighted by Crippen LogP contribution is 2.22. The Hall–Kier alpha value is -1.29. The highest BCUT2D eigenvalue weighted by molar-refractivity contribution is 5.48. The Balaban J connectivity index is 3.06. The van der Waals surface area contributed by atoms with E-state index in [1.54, 1.807) is 7.11 Å². The molecule has 0 aromatic carbocycles. The van der Waals surface area contributed by atoms with Crippen molar-refractivity contribution in [1.82, 2.24) is 4.98 Å². The van der Waals surface area contributed by atoms with Crippen LogP contribution in [0.5, 0.6) is 5.88 Å². The third-order valence-electron chi connectivity index (χ3n) is 2.52. The van der Waals surface area contributed by atoms with E-state index in [2.05, 4.69) is 23.7 Å². The summed E-state index contributed by atoms with van der Waals surface area (Å²) < 4.78 is 5.15. The quantitative estimate of drug-likeness (QED) is 0.823. The molecular formula is C12H21N3O. The maximum Gasteiger partial charge on any atom is 0.214 e. The van der Waals surface area contributed by atoms with Gasteiger partial charge in [0.05, 0.1) is 7.11 Å². The second kappa shape index (κ2) is 5.70. The summed E-state index contributed by atoms with van der Waals surface area (Å²) in [5.41, 5.74) is 6.77. The zero-order chi connectivity index (χ0) is 12.1. The number of nitrogens with zero attached hydrogens (tertiary/aromatic N) is 2. The normalized spacial score (nSPS) is 10.6. The number of rotatable bonds is 5.